The molecule has 9 heavy (non-hydrogen) atoms. The summed E-state index contributed by atoms with van der Waals surface area (Å²) in [5.74, 6) is 0. The molecular formula is C3H11N2O3P. The molecule has 0 rings (SSSR count). The van der Waals surface area contributed by atoms with E-state index in [4.69, 9.17) is 0 Å². The van der Waals surface area contributed by atoms with Crippen molar-refractivity contribution in [3.63, 3.8) is 0 Å². The van der Waals surface area contributed by atoms with E-state index in [1.54, 1.807) is 0 Å². The van der Waals surface area contributed by atoms with Gasteiger partial charge in [-0.1, -0.05) is 0 Å². The molecule has 0 saturated carbocycles. The maximum atomic E-state index is 10.8. The lowest BCUT2D eigenvalue weighted by Crippen LogP contribution is -2.11. The Morgan fingerprint density at radius 1 is 1.22 bits per heavy atom. The van der Waals surface area contributed by atoms with Gasteiger partial charge in [-0.05, 0) is 0 Å². The molecule has 0 unspecified atom stereocenters. The second-order valence-electron chi connectivity index (χ2n) is 1.36. The second-order valence-corrected chi connectivity index (χ2v) is 3.27. The highest BCUT2D eigenvalue weighted by Gasteiger charge is 2.14. The van der Waals surface area contributed by atoms with Crippen molar-refractivity contribution in [3.8, 4) is 0 Å². The van der Waals surface area contributed by atoms with Gasteiger partial charge in [0, 0.05) is 20.8 Å². The van der Waals surface area contributed by atoms with Crippen molar-refractivity contribution in [3.05, 3.63) is 0 Å². The van der Waals surface area contributed by atoms with Crippen LogP contribution in [0.25, 0.3) is 0 Å². The van der Waals surface area contributed by atoms with E-state index < -0.39 is 7.60 Å². The Morgan fingerprint density at radius 3 is 1.78 bits per heavy atom. The summed E-state index contributed by atoms with van der Waals surface area (Å²) in [7, 11) is 0.103. The van der Waals surface area contributed by atoms with E-state index in [1.165, 1.54) is 20.8 Å². The van der Waals surface area contributed by atoms with E-state index in [2.05, 4.69) is 20.2 Å². The molecular weight excluding hydrogens is 143 g/mol. The lowest BCUT2D eigenvalue weighted by Gasteiger charge is -2.09. The Kier molecular flexibility index (Phi) is 4.01. The number of rotatable bonds is 4. The highest BCUT2D eigenvalue weighted by molar-refractivity contribution is 7.52. The first kappa shape index (κ1) is 9.07. The average molecular weight is 154 g/mol. The first-order valence-electron chi connectivity index (χ1n) is 2.40. The van der Waals surface area contributed by atoms with Crippen molar-refractivity contribution in [2.45, 2.75) is 0 Å². The molecule has 6 heteroatoms. The molecule has 0 spiro atoms. The Labute approximate surface area is 54.2 Å². The van der Waals surface area contributed by atoms with E-state index in [0.29, 0.717) is 0 Å². The minimum Gasteiger partial charge on any atom is -0.257 e. The third-order valence-electron chi connectivity index (χ3n) is 0.514. The largest absolute Gasteiger partial charge is 0.360 e. The van der Waals surface area contributed by atoms with Crippen LogP contribution in [0, 0.1) is 0 Å². The summed E-state index contributed by atoms with van der Waals surface area (Å²) in [5.41, 5.74) is 4.53. The fraction of sp³-hybridized carbons (Fsp3) is 1.00. The van der Waals surface area contributed by atoms with Crippen LogP contribution in [0.1, 0.15) is 0 Å². The molecule has 0 saturated heterocycles. The molecule has 0 heterocycles. The normalized spacial score (nSPS) is 11.9. The summed E-state index contributed by atoms with van der Waals surface area (Å²) in [6, 6.07) is 0. The Balaban J connectivity index is 3.58. The quantitative estimate of drug-likeness (QED) is 0.444. The lowest BCUT2D eigenvalue weighted by atomic mass is 11.6. The van der Waals surface area contributed by atoms with Gasteiger partial charge in [0.2, 0.25) is 0 Å². The van der Waals surface area contributed by atoms with Gasteiger partial charge in [-0.15, -0.1) is 0 Å². The molecule has 0 radical (unpaired) electrons. The monoisotopic (exact) mass is 154 g/mol. The Bertz CT molecular complexity index is 108. The highest BCUT2D eigenvalue weighted by Crippen LogP contribution is 2.40. The number of nitrogens with one attached hydrogen (secondary N) is 2. The summed E-state index contributed by atoms with van der Waals surface area (Å²) in [5, 5.41) is 0. The van der Waals surface area contributed by atoms with Crippen molar-refractivity contribution in [2.24, 2.45) is 0 Å². The first-order valence-corrected chi connectivity index (χ1v) is 4.39. The van der Waals surface area contributed by atoms with Crippen LogP contribution in [0.2, 0.25) is 0 Å². The van der Waals surface area contributed by atoms with Crippen LogP contribution in [0.15, 0.2) is 0 Å². The van der Waals surface area contributed by atoms with Crippen molar-refractivity contribution in [1.82, 2.24) is 11.0 Å². The Hall–Kier alpha value is 0.0700. The lowest BCUT2D eigenvalue weighted by molar-refractivity contribution is 0.125. The van der Waals surface area contributed by atoms with Gasteiger partial charge in [0.1, 0.15) is 0 Å². The van der Waals surface area contributed by atoms with Gasteiger partial charge in [0.15, 0.2) is 0 Å². The first-order chi connectivity index (χ1) is 4.12. The summed E-state index contributed by atoms with van der Waals surface area (Å²) < 4.78 is 19.8. The van der Waals surface area contributed by atoms with Crippen LogP contribution in [-0.2, 0) is 13.8 Å². The molecule has 0 atom stereocenters. The van der Waals surface area contributed by atoms with Crippen LogP contribution < -0.4 is 11.0 Å². The maximum Gasteiger partial charge on any atom is 0.360 e. The minimum atomic E-state index is -2.91. The predicted octanol–water partition coefficient (Wildman–Crippen LogP) is 0.111. The van der Waals surface area contributed by atoms with E-state index in [0.717, 1.165) is 0 Å². The third kappa shape index (κ3) is 4.57. The fourth-order valence-electron chi connectivity index (χ4n) is 0.350. The zero-order valence-electron chi connectivity index (χ0n) is 5.67. The fourth-order valence-corrected chi connectivity index (χ4v) is 1.05. The smallest absolute Gasteiger partial charge is 0.257 e. The molecule has 0 aliphatic rings. The van der Waals surface area contributed by atoms with Gasteiger partial charge in [0.25, 0.3) is 0 Å². The highest BCUT2D eigenvalue weighted by atomic mass is 31.2. The van der Waals surface area contributed by atoms with E-state index in [1.807, 2.05) is 0 Å². The third-order valence-corrected chi connectivity index (χ3v) is 1.54. The van der Waals surface area contributed by atoms with Gasteiger partial charge < -0.3 is 0 Å². The van der Waals surface area contributed by atoms with Crippen LogP contribution in [0.4, 0.5) is 0 Å². The van der Waals surface area contributed by atoms with Crippen LogP contribution in [0.5, 0.6) is 0 Å². The van der Waals surface area contributed by atoms with Gasteiger partial charge in [0.05, 0.1) is 0 Å². The summed E-state index contributed by atoms with van der Waals surface area (Å²) in [6.07, 6.45) is 0. The number of hydroxylamine groups is 2. The van der Waals surface area contributed by atoms with Crippen molar-refractivity contribution in [2.75, 3.05) is 20.8 Å². The van der Waals surface area contributed by atoms with Crippen molar-refractivity contribution in [1.29, 1.82) is 0 Å². The maximum absolute atomic E-state index is 10.8. The van der Waals surface area contributed by atoms with E-state index in [9.17, 15) is 4.57 Å². The SMILES string of the molecule is CNOP(C)(=O)ONC. The molecule has 0 bridgehead atoms. The number of hydrogen-bond donors (Lipinski definition) is 2. The topological polar surface area (TPSA) is 59.6 Å². The molecule has 2 N–H and O–H groups in total. The standard InChI is InChI=1S/C3H11N2O3P/c1-4-7-9(3,6)8-5-2/h4-5H,1-3H3. The molecule has 0 aromatic heterocycles. The van der Waals surface area contributed by atoms with Crippen molar-refractivity contribution >= 4 is 7.60 Å². The summed E-state index contributed by atoms with van der Waals surface area (Å²) in [6.45, 7) is 1.35. The van der Waals surface area contributed by atoms with Gasteiger partial charge >= 0.3 is 7.60 Å². The van der Waals surface area contributed by atoms with Gasteiger partial charge in [-0.3, -0.25) is 4.57 Å². The summed E-state index contributed by atoms with van der Waals surface area (Å²) in [4.78, 5) is 0. The number of hydrogen-bond acceptors (Lipinski definition) is 5. The molecule has 0 aliphatic carbocycles. The molecule has 5 nitrogen and oxygen atoms in total. The molecule has 0 fully saturated rings. The van der Waals surface area contributed by atoms with E-state index >= 15 is 0 Å². The Morgan fingerprint density at radius 2 is 1.56 bits per heavy atom. The van der Waals surface area contributed by atoms with Crippen LogP contribution >= 0.6 is 7.60 Å². The van der Waals surface area contributed by atoms with Crippen LogP contribution in [-0.4, -0.2) is 20.8 Å². The van der Waals surface area contributed by atoms with Crippen LogP contribution in [0.3, 0.4) is 0 Å². The van der Waals surface area contributed by atoms with Gasteiger partial charge in [-0.25, -0.2) is 9.25 Å². The summed E-state index contributed by atoms with van der Waals surface area (Å²) >= 11 is 0. The van der Waals surface area contributed by atoms with E-state index in [-0.39, 0.29) is 0 Å². The molecule has 56 valence electrons. The minimum absolute atomic E-state index is 1.35. The van der Waals surface area contributed by atoms with Crippen molar-refractivity contribution < 1.29 is 13.8 Å². The zero-order chi connectivity index (χ0) is 7.33. The molecule has 0 amide bonds. The molecule has 0 aromatic rings. The average Bonchev–Trinajstić information content (AvgIpc) is 1.64. The van der Waals surface area contributed by atoms with Gasteiger partial charge in [-0.2, -0.15) is 11.0 Å². The second kappa shape index (κ2) is 3.98. The molecule has 0 aromatic carbocycles. The predicted molar refractivity (Wildman–Crippen MR) is 33.8 cm³/mol. The zero-order valence-corrected chi connectivity index (χ0v) is 6.57. The molecule has 0 aliphatic heterocycles.